The molecule has 4 heteroatoms. The third-order valence-corrected chi connectivity index (χ3v) is 6.87. The van der Waals surface area contributed by atoms with E-state index in [2.05, 4.69) is 24.3 Å². The lowest BCUT2D eigenvalue weighted by Crippen LogP contribution is -2.41. The molecule has 3 aliphatic carbocycles. The number of carbonyl (C=O) groups is 2. The molecule has 1 saturated heterocycles. The number of imide groups is 1. The van der Waals surface area contributed by atoms with Crippen molar-refractivity contribution in [1.82, 2.24) is 0 Å². The van der Waals surface area contributed by atoms with E-state index >= 15 is 0 Å². The Labute approximate surface area is 168 Å². The number of nitrogens with zero attached hydrogens (tertiary/aromatic N) is 1. The quantitative estimate of drug-likeness (QED) is 0.646. The van der Waals surface area contributed by atoms with Gasteiger partial charge in [-0.3, -0.25) is 9.59 Å². The van der Waals surface area contributed by atoms with E-state index in [0.717, 1.165) is 0 Å². The Hall–Kier alpha value is -3.40. The normalized spacial score (nSPS) is 26.3. The molecular formula is C25H19NO3. The van der Waals surface area contributed by atoms with E-state index in [1.165, 1.54) is 33.2 Å². The van der Waals surface area contributed by atoms with Gasteiger partial charge >= 0.3 is 0 Å². The molecule has 0 aromatic heterocycles. The molecular weight excluding hydrogens is 362 g/mol. The van der Waals surface area contributed by atoms with Gasteiger partial charge in [0.05, 0.1) is 17.5 Å². The van der Waals surface area contributed by atoms with Crippen LogP contribution in [0.25, 0.3) is 0 Å². The zero-order valence-corrected chi connectivity index (χ0v) is 15.9. The second kappa shape index (κ2) is 5.57. The summed E-state index contributed by atoms with van der Waals surface area (Å²) in [5.74, 6) is -1.10. The minimum Gasteiger partial charge on any atom is -0.508 e. The van der Waals surface area contributed by atoms with Crippen LogP contribution in [0.2, 0.25) is 0 Å². The van der Waals surface area contributed by atoms with Gasteiger partial charge in [0.2, 0.25) is 11.8 Å². The number of hydrogen-bond donors (Lipinski definition) is 1. The lowest BCUT2D eigenvalue weighted by molar-refractivity contribution is -0.122. The van der Waals surface area contributed by atoms with Crippen LogP contribution in [-0.4, -0.2) is 16.9 Å². The van der Waals surface area contributed by atoms with Gasteiger partial charge in [0.25, 0.3) is 0 Å². The molecule has 4 nitrogen and oxygen atoms in total. The number of anilines is 1. The van der Waals surface area contributed by atoms with Gasteiger partial charge in [0.1, 0.15) is 5.75 Å². The van der Waals surface area contributed by atoms with E-state index in [1.807, 2.05) is 31.2 Å². The third kappa shape index (κ3) is 1.98. The first-order chi connectivity index (χ1) is 14.1. The van der Waals surface area contributed by atoms with Gasteiger partial charge in [0.15, 0.2) is 0 Å². The molecule has 4 aliphatic rings. The van der Waals surface area contributed by atoms with Crippen LogP contribution in [0.4, 0.5) is 5.69 Å². The molecule has 0 saturated carbocycles. The van der Waals surface area contributed by atoms with Crippen LogP contribution < -0.4 is 4.90 Å². The van der Waals surface area contributed by atoms with Gasteiger partial charge in [-0.1, -0.05) is 48.5 Å². The van der Waals surface area contributed by atoms with Gasteiger partial charge in [-0.2, -0.15) is 0 Å². The van der Waals surface area contributed by atoms with E-state index in [0.29, 0.717) is 11.3 Å². The number of amides is 2. The number of phenolic OH excluding ortho intramolecular Hbond substituents is 1. The summed E-state index contributed by atoms with van der Waals surface area (Å²) in [6.45, 7) is 1.82. The van der Waals surface area contributed by atoms with Crippen molar-refractivity contribution in [1.29, 1.82) is 0 Å². The average Bonchev–Trinajstić information content (AvgIpc) is 2.99. The molecule has 2 atom stereocenters. The van der Waals surface area contributed by atoms with E-state index in [4.69, 9.17) is 0 Å². The molecule has 2 amide bonds. The monoisotopic (exact) mass is 381 g/mol. The second-order valence-electron chi connectivity index (χ2n) is 8.25. The highest BCUT2D eigenvalue weighted by atomic mass is 16.3. The number of carbonyl (C=O) groups excluding carboxylic acids is 2. The van der Waals surface area contributed by atoms with E-state index in [1.54, 1.807) is 12.1 Å². The summed E-state index contributed by atoms with van der Waals surface area (Å²) < 4.78 is 0. The first-order valence-corrected chi connectivity index (χ1v) is 9.93. The molecule has 1 aliphatic heterocycles. The molecule has 3 aromatic rings. The van der Waals surface area contributed by atoms with E-state index in [-0.39, 0.29) is 41.2 Å². The van der Waals surface area contributed by atoms with E-state index in [9.17, 15) is 14.7 Å². The number of phenols is 1. The summed E-state index contributed by atoms with van der Waals surface area (Å²) in [4.78, 5) is 28.6. The maximum Gasteiger partial charge on any atom is 0.238 e. The van der Waals surface area contributed by atoms with Crippen molar-refractivity contribution in [2.75, 3.05) is 4.90 Å². The van der Waals surface area contributed by atoms with Crippen LogP contribution in [0, 0.1) is 18.8 Å². The highest BCUT2D eigenvalue weighted by Crippen LogP contribution is 2.61. The molecule has 29 heavy (non-hydrogen) atoms. The van der Waals surface area contributed by atoms with Crippen molar-refractivity contribution in [2.45, 2.75) is 18.8 Å². The first-order valence-electron chi connectivity index (χ1n) is 9.93. The van der Waals surface area contributed by atoms with E-state index < -0.39 is 0 Å². The summed E-state index contributed by atoms with van der Waals surface area (Å²) in [6.07, 6.45) is 0. The van der Waals surface area contributed by atoms with Crippen LogP contribution >= 0.6 is 0 Å². The molecule has 3 aromatic carbocycles. The molecule has 0 spiro atoms. The largest absolute Gasteiger partial charge is 0.508 e. The summed E-state index contributed by atoms with van der Waals surface area (Å²) in [5, 5.41) is 9.76. The van der Waals surface area contributed by atoms with Gasteiger partial charge in [-0.05, 0) is 52.9 Å². The number of aryl methyl sites for hydroxylation is 1. The molecule has 1 heterocycles. The summed E-state index contributed by atoms with van der Waals surface area (Å²) in [7, 11) is 0. The van der Waals surface area contributed by atoms with Gasteiger partial charge in [0, 0.05) is 11.8 Å². The lowest BCUT2D eigenvalue weighted by Gasteiger charge is -2.45. The second-order valence-corrected chi connectivity index (χ2v) is 8.25. The predicted molar refractivity (Wildman–Crippen MR) is 109 cm³/mol. The Morgan fingerprint density at radius 1 is 0.724 bits per heavy atom. The predicted octanol–water partition coefficient (Wildman–Crippen LogP) is 4.10. The standard InChI is InChI=1S/C25H19NO3/c1-13-12-14(27)10-11-19(13)26-24(28)22-20-15-6-2-3-7-16(15)21(23(22)25(26)29)18-9-5-4-8-17(18)20/h2-12,20-23,27H,1H3. The maximum atomic E-state index is 13.6. The summed E-state index contributed by atoms with van der Waals surface area (Å²) >= 11 is 0. The number of aromatic hydroxyl groups is 1. The van der Waals surface area contributed by atoms with Crippen molar-refractivity contribution in [3.63, 3.8) is 0 Å². The fourth-order valence-corrected chi connectivity index (χ4v) is 5.81. The van der Waals surface area contributed by atoms with Crippen molar-refractivity contribution >= 4 is 17.5 Å². The number of hydrogen-bond acceptors (Lipinski definition) is 3. The van der Waals surface area contributed by atoms with Crippen LogP contribution in [0.3, 0.4) is 0 Å². The Kier molecular flexibility index (Phi) is 3.18. The van der Waals surface area contributed by atoms with Crippen LogP contribution in [-0.2, 0) is 9.59 Å². The number of benzene rings is 3. The summed E-state index contributed by atoms with van der Waals surface area (Å²) in [6, 6.07) is 21.3. The minimum absolute atomic E-state index is 0.101. The first kappa shape index (κ1) is 16.5. The molecule has 7 rings (SSSR count). The van der Waals surface area contributed by atoms with Crippen LogP contribution in [0.15, 0.2) is 66.7 Å². The van der Waals surface area contributed by atoms with Crippen molar-refractivity contribution in [3.8, 4) is 5.75 Å². The van der Waals surface area contributed by atoms with Crippen molar-refractivity contribution in [2.24, 2.45) is 11.8 Å². The molecule has 0 radical (unpaired) electrons. The highest BCUT2D eigenvalue weighted by Gasteiger charge is 2.61. The lowest BCUT2D eigenvalue weighted by atomic mass is 9.55. The Morgan fingerprint density at radius 3 is 1.59 bits per heavy atom. The smallest absolute Gasteiger partial charge is 0.238 e. The third-order valence-electron chi connectivity index (χ3n) is 6.87. The zero-order chi connectivity index (χ0) is 19.9. The Morgan fingerprint density at radius 2 is 1.17 bits per heavy atom. The molecule has 1 fully saturated rings. The number of rotatable bonds is 1. The van der Waals surface area contributed by atoms with Crippen molar-refractivity contribution in [3.05, 3.63) is 94.5 Å². The van der Waals surface area contributed by atoms with Crippen molar-refractivity contribution < 1.29 is 14.7 Å². The average molecular weight is 381 g/mol. The summed E-state index contributed by atoms with van der Waals surface area (Å²) in [5.41, 5.74) is 5.96. The SMILES string of the molecule is Cc1cc(O)ccc1N1C(=O)C2C3c4ccccc4C(c4ccccc43)C2C1=O. The van der Waals surface area contributed by atoms with Crippen LogP contribution in [0.5, 0.6) is 5.75 Å². The molecule has 2 bridgehead atoms. The van der Waals surface area contributed by atoms with Gasteiger partial charge < -0.3 is 5.11 Å². The van der Waals surface area contributed by atoms with Gasteiger partial charge in [-0.15, -0.1) is 0 Å². The molecule has 1 N–H and O–H groups in total. The van der Waals surface area contributed by atoms with Gasteiger partial charge in [-0.25, -0.2) is 4.90 Å². The minimum atomic E-state index is -0.384. The topological polar surface area (TPSA) is 57.6 Å². The maximum absolute atomic E-state index is 13.6. The highest BCUT2D eigenvalue weighted by molar-refractivity contribution is 6.23. The molecule has 142 valence electrons. The van der Waals surface area contributed by atoms with Crippen LogP contribution in [0.1, 0.15) is 39.7 Å². The Bertz CT molecular complexity index is 1100. The zero-order valence-electron chi connectivity index (χ0n) is 15.9. The fourth-order valence-electron chi connectivity index (χ4n) is 5.81. The fraction of sp³-hybridized carbons (Fsp3) is 0.200. The molecule has 2 unspecified atom stereocenters. The Balaban J connectivity index is 1.57.